The van der Waals surface area contributed by atoms with E-state index in [0.717, 1.165) is 67.0 Å². The van der Waals surface area contributed by atoms with Crippen molar-refractivity contribution in [1.29, 1.82) is 0 Å². The van der Waals surface area contributed by atoms with Gasteiger partial charge in [0.15, 0.2) is 0 Å². The van der Waals surface area contributed by atoms with Crippen LogP contribution in [-0.4, -0.2) is 4.98 Å². The van der Waals surface area contributed by atoms with Crippen molar-refractivity contribution in [3.63, 3.8) is 0 Å². The van der Waals surface area contributed by atoms with Crippen molar-refractivity contribution in [3.05, 3.63) is 139 Å². The van der Waals surface area contributed by atoms with Gasteiger partial charge in [-0.15, -0.1) is 11.3 Å². The number of alkyl halides is 3. The van der Waals surface area contributed by atoms with Crippen molar-refractivity contribution < 1.29 is 13.2 Å². The maximum Gasteiger partial charge on any atom is 0.416 e. The lowest BCUT2D eigenvalue weighted by Crippen LogP contribution is -2.03. The zero-order valence-corrected chi connectivity index (χ0v) is 22.5. The van der Waals surface area contributed by atoms with Crippen LogP contribution in [0.25, 0.3) is 64.9 Å². The Morgan fingerprint density at radius 1 is 0.488 bits per heavy atom. The van der Waals surface area contributed by atoms with Gasteiger partial charge in [0.1, 0.15) is 5.01 Å². The first-order chi connectivity index (χ1) is 19.9. The van der Waals surface area contributed by atoms with Gasteiger partial charge in [0.25, 0.3) is 0 Å². The van der Waals surface area contributed by atoms with Crippen molar-refractivity contribution in [2.24, 2.45) is 0 Å². The van der Waals surface area contributed by atoms with Gasteiger partial charge in [-0.05, 0) is 74.5 Å². The molecular weight excluding hydrogens is 535 g/mol. The van der Waals surface area contributed by atoms with Crippen LogP contribution >= 0.6 is 11.3 Å². The molecule has 198 valence electrons. The highest BCUT2D eigenvalue weighted by atomic mass is 32.1. The number of hydrogen-bond acceptors (Lipinski definition) is 2. The lowest BCUT2D eigenvalue weighted by atomic mass is 9.93. The molecule has 7 rings (SSSR count). The summed E-state index contributed by atoms with van der Waals surface area (Å²) in [6.07, 6.45) is -4.34. The standard InChI is InChI=1S/C36H22F3NS/c37-36(38,39)28-18-16-24(17-19-28)23-12-14-25(15-13-23)26-6-5-7-27(22-26)29-20-21-32(31-9-2-1-8-30(29)31)35-40-33-10-3-4-11-34(33)41-35/h1-22H. The highest BCUT2D eigenvalue weighted by Gasteiger charge is 2.30. The number of hydrogen-bond donors (Lipinski definition) is 0. The number of rotatable bonds is 4. The molecule has 6 aromatic carbocycles. The molecule has 0 atom stereocenters. The van der Waals surface area contributed by atoms with E-state index in [-0.39, 0.29) is 0 Å². The van der Waals surface area contributed by atoms with E-state index >= 15 is 0 Å². The molecule has 0 unspecified atom stereocenters. The topological polar surface area (TPSA) is 12.9 Å². The van der Waals surface area contributed by atoms with E-state index in [2.05, 4.69) is 66.7 Å². The smallest absolute Gasteiger partial charge is 0.236 e. The Balaban J connectivity index is 1.23. The van der Waals surface area contributed by atoms with Crippen molar-refractivity contribution in [1.82, 2.24) is 4.98 Å². The lowest BCUT2D eigenvalue weighted by molar-refractivity contribution is -0.137. The molecule has 1 heterocycles. The second kappa shape index (κ2) is 10.0. The summed E-state index contributed by atoms with van der Waals surface area (Å²) in [4.78, 5) is 4.90. The molecular formula is C36H22F3NS. The summed E-state index contributed by atoms with van der Waals surface area (Å²) in [5, 5.41) is 3.34. The van der Waals surface area contributed by atoms with Crippen molar-refractivity contribution in [2.45, 2.75) is 6.18 Å². The SMILES string of the molecule is FC(F)(F)c1ccc(-c2ccc(-c3cccc(-c4ccc(-c5nc6ccccc6s5)c5ccccc45)c3)cc2)cc1. The largest absolute Gasteiger partial charge is 0.416 e. The molecule has 0 saturated heterocycles. The Morgan fingerprint density at radius 3 is 1.73 bits per heavy atom. The van der Waals surface area contributed by atoms with E-state index in [9.17, 15) is 13.2 Å². The molecule has 7 aromatic rings. The fraction of sp³-hybridized carbons (Fsp3) is 0.0278. The van der Waals surface area contributed by atoms with Crippen molar-refractivity contribution >= 4 is 32.3 Å². The third-order valence-electron chi connectivity index (χ3n) is 7.39. The zero-order valence-electron chi connectivity index (χ0n) is 21.7. The second-order valence-electron chi connectivity index (χ2n) is 9.93. The molecule has 0 N–H and O–H groups in total. The van der Waals surface area contributed by atoms with Gasteiger partial charge in [-0.1, -0.05) is 103 Å². The Bertz CT molecular complexity index is 1990. The van der Waals surface area contributed by atoms with Crippen molar-refractivity contribution in [3.8, 4) is 44.0 Å². The van der Waals surface area contributed by atoms with Crippen LogP contribution in [0.2, 0.25) is 0 Å². The fourth-order valence-corrected chi connectivity index (χ4v) is 6.30. The lowest BCUT2D eigenvalue weighted by Gasteiger charge is -2.12. The van der Waals surface area contributed by atoms with Crippen LogP contribution in [0.1, 0.15) is 5.56 Å². The molecule has 0 aliphatic carbocycles. The summed E-state index contributed by atoms with van der Waals surface area (Å²) in [7, 11) is 0. The highest BCUT2D eigenvalue weighted by Crippen LogP contribution is 2.39. The van der Waals surface area contributed by atoms with Gasteiger partial charge in [0.05, 0.1) is 15.8 Å². The van der Waals surface area contributed by atoms with Crippen LogP contribution in [0.3, 0.4) is 0 Å². The van der Waals surface area contributed by atoms with Gasteiger partial charge in [-0.2, -0.15) is 13.2 Å². The Hall–Kier alpha value is -4.74. The van der Waals surface area contributed by atoms with Crippen molar-refractivity contribution in [2.75, 3.05) is 0 Å². The maximum absolute atomic E-state index is 12.9. The quantitative estimate of drug-likeness (QED) is 0.210. The Kier molecular flexibility index (Phi) is 6.17. The van der Waals surface area contributed by atoms with Gasteiger partial charge in [0, 0.05) is 5.56 Å². The van der Waals surface area contributed by atoms with E-state index in [4.69, 9.17) is 4.98 Å². The average Bonchev–Trinajstić information content (AvgIpc) is 3.44. The summed E-state index contributed by atoms with van der Waals surface area (Å²) < 4.78 is 40.0. The van der Waals surface area contributed by atoms with Crippen LogP contribution in [-0.2, 0) is 6.18 Å². The minimum absolute atomic E-state index is 0.643. The molecule has 1 nitrogen and oxygen atoms in total. The summed E-state index contributed by atoms with van der Waals surface area (Å²) in [5.41, 5.74) is 7.48. The van der Waals surface area contributed by atoms with Gasteiger partial charge in [0.2, 0.25) is 0 Å². The number of halogens is 3. The summed E-state index contributed by atoms with van der Waals surface area (Å²) in [6.45, 7) is 0. The minimum atomic E-state index is -4.34. The zero-order chi connectivity index (χ0) is 28.0. The molecule has 0 radical (unpaired) electrons. The molecule has 0 aliphatic rings. The van der Waals surface area contributed by atoms with Crippen LogP contribution < -0.4 is 0 Å². The van der Waals surface area contributed by atoms with Gasteiger partial charge < -0.3 is 0 Å². The number of aromatic nitrogens is 1. The monoisotopic (exact) mass is 557 g/mol. The molecule has 0 saturated carbocycles. The van der Waals surface area contributed by atoms with Crippen LogP contribution in [0.4, 0.5) is 13.2 Å². The Labute approximate surface area is 239 Å². The summed E-state index contributed by atoms with van der Waals surface area (Å²) in [5.74, 6) is 0. The first-order valence-electron chi connectivity index (χ1n) is 13.2. The summed E-state index contributed by atoms with van der Waals surface area (Å²) in [6, 6.07) is 42.7. The normalized spacial score (nSPS) is 11.8. The van der Waals surface area contributed by atoms with Crippen LogP contribution in [0, 0.1) is 0 Å². The van der Waals surface area contributed by atoms with E-state index in [1.165, 1.54) is 22.2 Å². The Morgan fingerprint density at radius 2 is 1.05 bits per heavy atom. The molecule has 0 amide bonds. The van der Waals surface area contributed by atoms with E-state index in [1.807, 2.05) is 42.5 Å². The second-order valence-corrected chi connectivity index (χ2v) is 11.0. The fourth-order valence-electron chi connectivity index (χ4n) is 5.30. The van der Waals surface area contributed by atoms with Gasteiger partial charge in [-0.25, -0.2) is 4.98 Å². The third-order valence-corrected chi connectivity index (χ3v) is 8.46. The minimum Gasteiger partial charge on any atom is -0.236 e. The van der Waals surface area contributed by atoms with E-state index in [0.29, 0.717) is 0 Å². The predicted molar refractivity (Wildman–Crippen MR) is 164 cm³/mol. The number of nitrogens with zero attached hydrogens (tertiary/aromatic N) is 1. The van der Waals surface area contributed by atoms with E-state index < -0.39 is 11.7 Å². The highest BCUT2D eigenvalue weighted by molar-refractivity contribution is 7.21. The first kappa shape index (κ1) is 25.2. The van der Waals surface area contributed by atoms with Crippen LogP contribution in [0.5, 0.6) is 0 Å². The number of fused-ring (bicyclic) bond motifs is 2. The van der Waals surface area contributed by atoms with Gasteiger partial charge in [-0.3, -0.25) is 0 Å². The molecule has 0 aliphatic heterocycles. The van der Waals surface area contributed by atoms with Gasteiger partial charge >= 0.3 is 6.18 Å². The number of benzene rings is 6. The average molecular weight is 558 g/mol. The first-order valence-corrected chi connectivity index (χ1v) is 14.0. The number of para-hydroxylation sites is 1. The molecule has 5 heteroatoms. The predicted octanol–water partition coefficient (Wildman–Crippen LogP) is 11.1. The number of thiazole rings is 1. The molecule has 0 spiro atoms. The van der Waals surface area contributed by atoms with Crippen LogP contribution in [0.15, 0.2) is 133 Å². The molecule has 0 fully saturated rings. The molecule has 41 heavy (non-hydrogen) atoms. The third kappa shape index (κ3) is 4.79. The van der Waals surface area contributed by atoms with E-state index in [1.54, 1.807) is 11.3 Å². The molecule has 1 aromatic heterocycles. The summed E-state index contributed by atoms with van der Waals surface area (Å²) >= 11 is 1.71. The molecule has 0 bridgehead atoms. The maximum atomic E-state index is 12.9.